The summed E-state index contributed by atoms with van der Waals surface area (Å²) in [6, 6.07) is 0. The standard InChI is InChI=1S/C29H58N2O2/c1-3-5-7-9-11-12-13-14-15-16-17-18-19-20-22-24-29(32)33-28(25-26-30)31-27-23-21-10-8-6-4-2/h14-15,28,31H,3-13,16-27,30H2,1-2H3/b15-14-. The minimum atomic E-state index is -0.221. The highest BCUT2D eigenvalue weighted by Gasteiger charge is 2.12. The van der Waals surface area contributed by atoms with Gasteiger partial charge in [-0.05, 0) is 51.6 Å². The number of unbranched alkanes of at least 4 members (excludes halogenated alkanes) is 16. The van der Waals surface area contributed by atoms with E-state index in [-0.39, 0.29) is 12.2 Å². The lowest BCUT2D eigenvalue weighted by atomic mass is 10.1. The van der Waals surface area contributed by atoms with E-state index in [1.807, 2.05) is 0 Å². The third-order valence-corrected chi connectivity index (χ3v) is 6.25. The van der Waals surface area contributed by atoms with Crippen molar-refractivity contribution in [3.05, 3.63) is 12.2 Å². The summed E-state index contributed by atoms with van der Waals surface area (Å²) in [4.78, 5) is 12.2. The summed E-state index contributed by atoms with van der Waals surface area (Å²) < 4.78 is 5.62. The first-order valence-electron chi connectivity index (χ1n) is 14.5. The highest BCUT2D eigenvalue weighted by atomic mass is 16.6. The van der Waals surface area contributed by atoms with Crippen molar-refractivity contribution in [2.45, 2.75) is 155 Å². The van der Waals surface area contributed by atoms with Crippen LogP contribution in [0.25, 0.3) is 0 Å². The van der Waals surface area contributed by atoms with Crippen LogP contribution in [0.4, 0.5) is 0 Å². The maximum Gasteiger partial charge on any atom is 0.307 e. The average Bonchev–Trinajstić information content (AvgIpc) is 2.81. The molecule has 196 valence electrons. The van der Waals surface area contributed by atoms with Crippen molar-refractivity contribution in [1.82, 2.24) is 5.32 Å². The Balaban J connectivity index is 3.56. The van der Waals surface area contributed by atoms with Gasteiger partial charge in [-0.25, -0.2) is 0 Å². The monoisotopic (exact) mass is 466 g/mol. The highest BCUT2D eigenvalue weighted by Crippen LogP contribution is 2.11. The van der Waals surface area contributed by atoms with Gasteiger partial charge in [-0.3, -0.25) is 10.1 Å². The largest absolute Gasteiger partial charge is 0.447 e. The van der Waals surface area contributed by atoms with Gasteiger partial charge in [0.15, 0.2) is 6.23 Å². The van der Waals surface area contributed by atoms with E-state index in [9.17, 15) is 4.79 Å². The minimum absolute atomic E-state index is 0.0819. The maximum atomic E-state index is 12.2. The lowest BCUT2D eigenvalue weighted by Crippen LogP contribution is -2.36. The summed E-state index contributed by atoms with van der Waals surface area (Å²) in [5.41, 5.74) is 5.69. The van der Waals surface area contributed by atoms with Gasteiger partial charge in [0, 0.05) is 12.8 Å². The zero-order valence-corrected chi connectivity index (χ0v) is 22.4. The van der Waals surface area contributed by atoms with Crippen molar-refractivity contribution in [3.8, 4) is 0 Å². The summed E-state index contributed by atoms with van der Waals surface area (Å²) in [5, 5.41) is 3.37. The topological polar surface area (TPSA) is 64.3 Å². The average molecular weight is 467 g/mol. The molecule has 1 unspecified atom stereocenters. The van der Waals surface area contributed by atoms with E-state index in [0.29, 0.717) is 19.4 Å². The quantitative estimate of drug-likeness (QED) is 0.0583. The normalized spacial score (nSPS) is 12.5. The molecule has 0 spiro atoms. The van der Waals surface area contributed by atoms with Gasteiger partial charge < -0.3 is 10.5 Å². The van der Waals surface area contributed by atoms with E-state index in [1.54, 1.807) is 0 Å². The number of allylic oxidation sites excluding steroid dienone is 2. The Morgan fingerprint density at radius 1 is 0.727 bits per heavy atom. The van der Waals surface area contributed by atoms with Gasteiger partial charge in [0.2, 0.25) is 0 Å². The van der Waals surface area contributed by atoms with Crippen LogP contribution in [0, 0.1) is 0 Å². The predicted octanol–water partition coefficient (Wildman–Crippen LogP) is 8.19. The van der Waals surface area contributed by atoms with Crippen molar-refractivity contribution < 1.29 is 9.53 Å². The molecular formula is C29H58N2O2. The third-order valence-electron chi connectivity index (χ3n) is 6.25. The Kier molecular flexibility index (Phi) is 26.7. The number of hydrogen-bond donors (Lipinski definition) is 2. The van der Waals surface area contributed by atoms with E-state index in [0.717, 1.165) is 25.8 Å². The second kappa shape index (κ2) is 27.4. The van der Waals surface area contributed by atoms with E-state index in [4.69, 9.17) is 10.5 Å². The number of esters is 1. The molecule has 0 aliphatic rings. The fraction of sp³-hybridized carbons (Fsp3) is 0.897. The van der Waals surface area contributed by atoms with Crippen LogP contribution in [0.1, 0.15) is 149 Å². The minimum Gasteiger partial charge on any atom is -0.447 e. The van der Waals surface area contributed by atoms with Crippen LogP contribution in [0.3, 0.4) is 0 Å². The Morgan fingerprint density at radius 2 is 1.21 bits per heavy atom. The van der Waals surface area contributed by atoms with Gasteiger partial charge in [0.25, 0.3) is 0 Å². The van der Waals surface area contributed by atoms with Crippen molar-refractivity contribution in [1.29, 1.82) is 0 Å². The summed E-state index contributed by atoms with van der Waals surface area (Å²) in [7, 11) is 0. The van der Waals surface area contributed by atoms with Gasteiger partial charge in [0.05, 0.1) is 0 Å². The Bertz CT molecular complexity index is 426. The summed E-state index contributed by atoms with van der Waals surface area (Å²) in [6.45, 7) is 5.95. The van der Waals surface area contributed by atoms with Gasteiger partial charge in [-0.15, -0.1) is 0 Å². The number of nitrogens with two attached hydrogens (primary N) is 1. The molecule has 0 radical (unpaired) electrons. The first kappa shape index (κ1) is 32.1. The predicted molar refractivity (Wildman–Crippen MR) is 144 cm³/mol. The van der Waals surface area contributed by atoms with Gasteiger partial charge in [-0.2, -0.15) is 0 Å². The molecule has 33 heavy (non-hydrogen) atoms. The van der Waals surface area contributed by atoms with Crippen molar-refractivity contribution in [2.75, 3.05) is 13.1 Å². The zero-order valence-electron chi connectivity index (χ0n) is 22.4. The molecule has 0 aromatic carbocycles. The van der Waals surface area contributed by atoms with Crippen LogP contribution in [0.5, 0.6) is 0 Å². The van der Waals surface area contributed by atoms with Crippen LogP contribution in [0.2, 0.25) is 0 Å². The van der Waals surface area contributed by atoms with Crippen LogP contribution < -0.4 is 11.1 Å². The molecule has 4 nitrogen and oxygen atoms in total. The maximum absolute atomic E-state index is 12.2. The van der Waals surface area contributed by atoms with E-state index < -0.39 is 0 Å². The molecule has 0 saturated carbocycles. The van der Waals surface area contributed by atoms with Gasteiger partial charge >= 0.3 is 5.97 Å². The zero-order chi connectivity index (χ0) is 24.2. The Morgan fingerprint density at radius 3 is 1.76 bits per heavy atom. The fourth-order valence-corrected chi connectivity index (χ4v) is 4.08. The number of nitrogens with one attached hydrogen (secondary N) is 1. The second-order valence-electron chi connectivity index (χ2n) is 9.61. The number of hydrogen-bond acceptors (Lipinski definition) is 4. The fourth-order valence-electron chi connectivity index (χ4n) is 4.08. The SMILES string of the molecule is CCCCCCCC/C=C\CCCCCCCC(=O)OC(CCN)NCCCCCCCC. The molecule has 0 aliphatic heterocycles. The molecule has 0 rings (SSSR count). The molecule has 1 atom stereocenters. The van der Waals surface area contributed by atoms with E-state index >= 15 is 0 Å². The highest BCUT2D eigenvalue weighted by molar-refractivity contribution is 5.69. The van der Waals surface area contributed by atoms with Crippen LogP contribution in [0.15, 0.2) is 12.2 Å². The molecule has 0 saturated heterocycles. The molecule has 0 amide bonds. The molecule has 0 aromatic rings. The molecule has 0 bridgehead atoms. The Labute approximate surface area is 206 Å². The number of rotatable bonds is 26. The Hall–Kier alpha value is -0.870. The van der Waals surface area contributed by atoms with Crippen LogP contribution >= 0.6 is 0 Å². The molecule has 4 heteroatoms. The van der Waals surface area contributed by atoms with Crippen LogP contribution in [-0.2, 0) is 9.53 Å². The number of ether oxygens (including phenoxy) is 1. The van der Waals surface area contributed by atoms with Gasteiger partial charge in [-0.1, -0.05) is 109 Å². The van der Waals surface area contributed by atoms with Crippen molar-refractivity contribution in [3.63, 3.8) is 0 Å². The lowest BCUT2D eigenvalue weighted by Gasteiger charge is -2.18. The molecule has 3 N–H and O–H groups in total. The van der Waals surface area contributed by atoms with E-state index in [1.165, 1.54) is 103 Å². The smallest absolute Gasteiger partial charge is 0.307 e. The molecule has 0 heterocycles. The van der Waals surface area contributed by atoms with Crippen molar-refractivity contribution >= 4 is 5.97 Å². The van der Waals surface area contributed by atoms with Crippen LogP contribution in [-0.4, -0.2) is 25.3 Å². The first-order valence-corrected chi connectivity index (χ1v) is 14.5. The van der Waals surface area contributed by atoms with Gasteiger partial charge in [0.1, 0.15) is 0 Å². The molecule has 0 aliphatic carbocycles. The molecular weight excluding hydrogens is 408 g/mol. The number of carbonyl (C=O) groups excluding carboxylic acids is 1. The molecule has 0 fully saturated rings. The van der Waals surface area contributed by atoms with Crippen molar-refractivity contribution in [2.24, 2.45) is 5.73 Å². The second-order valence-corrected chi connectivity index (χ2v) is 9.61. The third kappa shape index (κ3) is 25.6. The summed E-state index contributed by atoms with van der Waals surface area (Å²) in [6.07, 6.45) is 29.8. The summed E-state index contributed by atoms with van der Waals surface area (Å²) >= 11 is 0. The van der Waals surface area contributed by atoms with E-state index in [2.05, 4.69) is 31.3 Å². The number of carbonyl (C=O) groups is 1. The summed E-state index contributed by atoms with van der Waals surface area (Å²) in [5.74, 6) is -0.0819. The molecule has 0 aromatic heterocycles. The first-order chi connectivity index (χ1) is 16.2. The lowest BCUT2D eigenvalue weighted by molar-refractivity contribution is -0.151.